The molecule has 3 heteroatoms. The van der Waals surface area contributed by atoms with E-state index < -0.39 is 0 Å². The number of Topliss-reactive ketones (excluding diaryl/α,β-unsaturated/α-hetero) is 1. The van der Waals surface area contributed by atoms with Crippen LogP contribution in [0.25, 0.3) is 0 Å². The Morgan fingerprint density at radius 3 is 3.05 bits per heavy atom. The summed E-state index contributed by atoms with van der Waals surface area (Å²) in [7, 11) is 0. The van der Waals surface area contributed by atoms with Crippen molar-refractivity contribution in [2.24, 2.45) is 5.92 Å². The van der Waals surface area contributed by atoms with Gasteiger partial charge in [-0.3, -0.25) is 4.79 Å². The maximum atomic E-state index is 11.6. The third-order valence-corrected chi connectivity index (χ3v) is 4.64. The molecule has 0 radical (unpaired) electrons. The first-order valence-corrected chi connectivity index (χ1v) is 7.68. The van der Waals surface area contributed by atoms with Gasteiger partial charge >= 0.3 is 0 Å². The monoisotopic (exact) mass is 273 g/mol. The number of ether oxygens (including phenoxy) is 1. The molecule has 2 aliphatic rings. The zero-order valence-corrected chi connectivity index (χ0v) is 12.2. The fourth-order valence-electron chi connectivity index (χ4n) is 3.47. The van der Waals surface area contributed by atoms with Crippen LogP contribution in [0.15, 0.2) is 24.3 Å². The van der Waals surface area contributed by atoms with Crippen molar-refractivity contribution in [1.82, 2.24) is 4.90 Å². The van der Waals surface area contributed by atoms with E-state index in [2.05, 4.69) is 23.1 Å². The Kier molecular flexibility index (Phi) is 4.06. The summed E-state index contributed by atoms with van der Waals surface area (Å²) >= 11 is 0. The van der Waals surface area contributed by atoms with Gasteiger partial charge in [-0.1, -0.05) is 18.2 Å². The van der Waals surface area contributed by atoms with Gasteiger partial charge in [0, 0.05) is 24.9 Å². The number of ketones is 1. The Bertz CT molecular complexity index is 486. The molecular formula is C17H23NO2. The summed E-state index contributed by atoms with van der Waals surface area (Å²) in [6, 6.07) is 8.38. The molecule has 2 heterocycles. The Balaban J connectivity index is 1.68. The van der Waals surface area contributed by atoms with Gasteiger partial charge in [-0.2, -0.15) is 0 Å². The highest BCUT2D eigenvalue weighted by Crippen LogP contribution is 2.34. The van der Waals surface area contributed by atoms with Gasteiger partial charge in [-0.05, 0) is 44.4 Å². The summed E-state index contributed by atoms with van der Waals surface area (Å²) in [5, 5.41) is 0. The fourth-order valence-corrected chi connectivity index (χ4v) is 3.47. The molecule has 108 valence electrons. The number of nitrogens with zero attached hydrogens (tertiary/aromatic N) is 1. The van der Waals surface area contributed by atoms with Gasteiger partial charge in [-0.25, -0.2) is 0 Å². The van der Waals surface area contributed by atoms with Gasteiger partial charge in [-0.15, -0.1) is 0 Å². The Morgan fingerprint density at radius 2 is 2.20 bits per heavy atom. The number of likely N-dealkylation sites (tertiary alicyclic amines) is 1. The van der Waals surface area contributed by atoms with Crippen molar-refractivity contribution in [3.05, 3.63) is 29.8 Å². The van der Waals surface area contributed by atoms with Crippen LogP contribution in [0.1, 0.15) is 37.7 Å². The van der Waals surface area contributed by atoms with Crippen molar-refractivity contribution < 1.29 is 9.53 Å². The molecule has 1 aromatic carbocycles. The van der Waals surface area contributed by atoms with E-state index in [-0.39, 0.29) is 5.92 Å². The van der Waals surface area contributed by atoms with Crippen molar-refractivity contribution in [3.63, 3.8) is 0 Å². The molecule has 2 unspecified atom stereocenters. The first-order chi connectivity index (χ1) is 9.74. The third-order valence-electron chi connectivity index (χ3n) is 4.64. The minimum absolute atomic E-state index is 0.249. The molecule has 2 aliphatic heterocycles. The predicted molar refractivity (Wildman–Crippen MR) is 79.1 cm³/mol. The Hall–Kier alpha value is -1.35. The van der Waals surface area contributed by atoms with E-state index >= 15 is 0 Å². The third kappa shape index (κ3) is 2.88. The van der Waals surface area contributed by atoms with Crippen LogP contribution in [0, 0.1) is 5.92 Å². The molecule has 1 aromatic rings. The Labute approximate surface area is 120 Å². The normalized spacial score (nSPS) is 26.6. The lowest BCUT2D eigenvalue weighted by molar-refractivity contribution is -0.122. The van der Waals surface area contributed by atoms with Crippen LogP contribution in [0.3, 0.4) is 0 Å². The molecule has 2 atom stereocenters. The second-order valence-electron chi connectivity index (χ2n) is 6.08. The summed E-state index contributed by atoms with van der Waals surface area (Å²) in [6.45, 7) is 5.67. The average molecular weight is 273 g/mol. The van der Waals surface area contributed by atoms with Gasteiger partial charge in [0.2, 0.25) is 0 Å². The zero-order valence-electron chi connectivity index (χ0n) is 12.2. The maximum absolute atomic E-state index is 11.6. The average Bonchev–Trinajstić information content (AvgIpc) is 2.48. The van der Waals surface area contributed by atoms with Crippen LogP contribution >= 0.6 is 0 Å². The predicted octanol–water partition coefficient (Wildman–Crippen LogP) is 2.85. The number of fused-ring (bicyclic) bond motifs is 1. The maximum Gasteiger partial charge on any atom is 0.134 e. The van der Waals surface area contributed by atoms with E-state index in [1.807, 2.05) is 6.07 Å². The SMILES string of the molecule is CC(=O)C1CCCN(CC2CCOc3ccccc32)C1. The van der Waals surface area contributed by atoms with Gasteiger partial charge in [0.25, 0.3) is 0 Å². The number of rotatable bonds is 3. The van der Waals surface area contributed by atoms with E-state index in [0.717, 1.165) is 51.3 Å². The number of carbonyl (C=O) groups is 1. The molecule has 0 bridgehead atoms. The van der Waals surface area contributed by atoms with E-state index in [1.54, 1.807) is 6.92 Å². The van der Waals surface area contributed by atoms with E-state index in [4.69, 9.17) is 4.74 Å². The highest BCUT2D eigenvalue weighted by atomic mass is 16.5. The van der Waals surface area contributed by atoms with Crippen LogP contribution < -0.4 is 4.74 Å². The number of piperidine rings is 1. The van der Waals surface area contributed by atoms with Crippen molar-refractivity contribution in [2.75, 3.05) is 26.2 Å². The lowest BCUT2D eigenvalue weighted by Gasteiger charge is -2.35. The van der Waals surface area contributed by atoms with E-state index in [0.29, 0.717) is 11.7 Å². The number of hydrogen-bond acceptors (Lipinski definition) is 3. The lowest BCUT2D eigenvalue weighted by atomic mass is 9.90. The molecule has 20 heavy (non-hydrogen) atoms. The molecule has 1 saturated heterocycles. The molecule has 0 N–H and O–H groups in total. The number of benzene rings is 1. The smallest absolute Gasteiger partial charge is 0.134 e. The minimum Gasteiger partial charge on any atom is -0.493 e. The minimum atomic E-state index is 0.249. The van der Waals surface area contributed by atoms with Crippen molar-refractivity contribution in [1.29, 1.82) is 0 Å². The highest BCUT2D eigenvalue weighted by molar-refractivity contribution is 5.78. The van der Waals surface area contributed by atoms with Gasteiger partial charge in [0.05, 0.1) is 6.61 Å². The lowest BCUT2D eigenvalue weighted by Crippen LogP contribution is -2.40. The summed E-state index contributed by atoms with van der Waals surface area (Å²) < 4.78 is 5.73. The van der Waals surface area contributed by atoms with Crippen LogP contribution in [0.5, 0.6) is 5.75 Å². The Morgan fingerprint density at radius 1 is 1.35 bits per heavy atom. The summed E-state index contributed by atoms with van der Waals surface area (Å²) in [5.41, 5.74) is 1.34. The molecule has 0 aromatic heterocycles. The van der Waals surface area contributed by atoms with Gasteiger partial charge in [0.1, 0.15) is 11.5 Å². The first kappa shape index (κ1) is 13.6. The number of carbonyl (C=O) groups excluding carboxylic acids is 1. The highest BCUT2D eigenvalue weighted by Gasteiger charge is 2.27. The van der Waals surface area contributed by atoms with Crippen molar-refractivity contribution >= 4 is 5.78 Å². The molecule has 3 nitrogen and oxygen atoms in total. The van der Waals surface area contributed by atoms with E-state index in [9.17, 15) is 4.79 Å². The topological polar surface area (TPSA) is 29.5 Å². The number of para-hydroxylation sites is 1. The second kappa shape index (κ2) is 5.96. The standard InChI is InChI=1S/C17H23NO2/c1-13(19)14-5-4-9-18(11-14)12-15-8-10-20-17-7-3-2-6-16(15)17/h2-3,6-7,14-15H,4-5,8-12H2,1H3. The molecule has 0 aliphatic carbocycles. The van der Waals surface area contributed by atoms with E-state index in [1.165, 1.54) is 5.56 Å². The van der Waals surface area contributed by atoms with Crippen molar-refractivity contribution in [2.45, 2.75) is 32.1 Å². The van der Waals surface area contributed by atoms with Crippen LogP contribution in [0.2, 0.25) is 0 Å². The fraction of sp³-hybridized carbons (Fsp3) is 0.588. The second-order valence-corrected chi connectivity index (χ2v) is 6.08. The number of hydrogen-bond donors (Lipinski definition) is 0. The molecule has 0 amide bonds. The molecule has 3 rings (SSSR count). The summed E-state index contributed by atoms with van der Waals surface area (Å²) in [5.74, 6) is 2.19. The quantitative estimate of drug-likeness (QED) is 0.848. The van der Waals surface area contributed by atoms with Crippen LogP contribution in [0.4, 0.5) is 0 Å². The van der Waals surface area contributed by atoms with Crippen molar-refractivity contribution in [3.8, 4) is 5.75 Å². The molecule has 0 saturated carbocycles. The molecule has 1 fully saturated rings. The van der Waals surface area contributed by atoms with Crippen LogP contribution in [-0.2, 0) is 4.79 Å². The summed E-state index contributed by atoms with van der Waals surface area (Å²) in [4.78, 5) is 14.1. The van der Waals surface area contributed by atoms with Gasteiger partial charge < -0.3 is 9.64 Å². The van der Waals surface area contributed by atoms with Crippen LogP contribution in [-0.4, -0.2) is 36.9 Å². The summed E-state index contributed by atoms with van der Waals surface area (Å²) in [6.07, 6.45) is 3.30. The zero-order chi connectivity index (χ0) is 13.9. The van der Waals surface area contributed by atoms with Gasteiger partial charge in [0.15, 0.2) is 0 Å². The molecule has 0 spiro atoms. The largest absolute Gasteiger partial charge is 0.493 e. The first-order valence-electron chi connectivity index (χ1n) is 7.68. The molecular weight excluding hydrogens is 250 g/mol.